The first-order valence-electron chi connectivity index (χ1n) is 9.41. The van der Waals surface area contributed by atoms with Crippen LogP contribution in [-0.4, -0.2) is 50.8 Å². The Morgan fingerprint density at radius 2 is 1.96 bits per heavy atom. The van der Waals surface area contributed by atoms with Crippen LogP contribution in [-0.2, 0) is 4.74 Å². The molecule has 1 N–H and O–H groups in total. The van der Waals surface area contributed by atoms with Gasteiger partial charge in [-0.2, -0.15) is 0 Å². The minimum absolute atomic E-state index is 0.260. The summed E-state index contributed by atoms with van der Waals surface area (Å²) in [5.41, 5.74) is 0.260. The van der Waals surface area contributed by atoms with Crippen molar-refractivity contribution in [3.05, 3.63) is 0 Å². The maximum absolute atomic E-state index is 5.45. The quantitative estimate of drug-likeness (QED) is 0.545. The lowest BCUT2D eigenvalue weighted by molar-refractivity contribution is 0.0625. The van der Waals surface area contributed by atoms with E-state index >= 15 is 0 Å². The molecule has 1 rings (SSSR count). The van der Waals surface area contributed by atoms with Gasteiger partial charge in [0.15, 0.2) is 5.96 Å². The van der Waals surface area contributed by atoms with Gasteiger partial charge in [-0.05, 0) is 49.9 Å². The molecule has 0 spiro atoms. The van der Waals surface area contributed by atoms with E-state index in [0.29, 0.717) is 5.92 Å². The molecule has 0 aromatic rings. The molecule has 1 aliphatic rings. The van der Waals surface area contributed by atoms with Crippen molar-refractivity contribution in [1.29, 1.82) is 0 Å². The Bertz CT molecular complexity index is 347. The first-order valence-corrected chi connectivity index (χ1v) is 9.41. The van der Waals surface area contributed by atoms with Crippen LogP contribution in [0.15, 0.2) is 4.99 Å². The second kappa shape index (κ2) is 10.2. The highest BCUT2D eigenvalue weighted by Gasteiger charge is 2.20. The molecule has 23 heavy (non-hydrogen) atoms. The van der Waals surface area contributed by atoms with Gasteiger partial charge in [0.25, 0.3) is 0 Å². The fourth-order valence-corrected chi connectivity index (χ4v) is 3.45. The summed E-state index contributed by atoms with van der Waals surface area (Å²) < 4.78 is 5.45. The molecule has 0 aromatic heterocycles. The Hall–Kier alpha value is -0.770. The smallest absolute Gasteiger partial charge is 0.193 e. The molecule has 0 aliphatic carbocycles. The van der Waals surface area contributed by atoms with E-state index in [-0.39, 0.29) is 5.41 Å². The van der Waals surface area contributed by atoms with E-state index in [9.17, 15) is 0 Å². The monoisotopic (exact) mass is 325 g/mol. The first kappa shape index (κ1) is 20.3. The standard InChI is InChI=1S/C19H39N3O/c1-7-20-18(21-15-19(4,5)14-16(2)3)22(6)11-8-17-9-12-23-13-10-17/h16-17H,7-15H2,1-6H3,(H,20,21). The summed E-state index contributed by atoms with van der Waals surface area (Å²) in [7, 11) is 2.16. The molecule has 4 heteroatoms. The lowest BCUT2D eigenvalue weighted by atomic mass is 9.84. The molecular weight excluding hydrogens is 286 g/mol. The number of nitrogens with one attached hydrogen (secondary N) is 1. The molecule has 0 bridgehead atoms. The molecule has 1 saturated heterocycles. The topological polar surface area (TPSA) is 36.9 Å². The molecule has 1 heterocycles. The molecule has 136 valence electrons. The molecule has 0 radical (unpaired) electrons. The largest absolute Gasteiger partial charge is 0.381 e. The number of rotatable bonds is 8. The minimum Gasteiger partial charge on any atom is -0.381 e. The van der Waals surface area contributed by atoms with Crippen LogP contribution >= 0.6 is 0 Å². The number of hydrogen-bond acceptors (Lipinski definition) is 2. The van der Waals surface area contributed by atoms with E-state index < -0.39 is 0 Å². The Morgan fingerprint density at radius 1 is 1.30 bits per heavy atom. The first-order chi connectivity index (χ1) is 10.8. The van der Waals surface area contributed by atoms with Crippen LogP contribution in [0.4, 0.5) is 0 Å². The molecule has 4 nitrogen and oxygen atoms in total. The molecule has 0 unspecified atom stereocenters. The molecule has 0 saturated carbocycles. The van der Waals surface area contributed by atoms with E-state index in [1.807, 2.05) is 0 Å². The van der Waals surface area contributed by atoms with Crippen molar-refractivity contribution < 1.29 is 4.74 Å². The van der Waals surface area contributed by atoms with Crippen molar-refractivity contribution in [2.45, 2.75) is 60.3 Å². The summed E-state index contributed by atoms with van der Waals surface area (Å²) in [6.45, 7) is 16.1. The highest BCUT2D eigenvalue weighted by molar-refractivity contribution is 5.79. The van der Waals surface area contributed by atoms with Crippen molar-refractivity contribution in [3.8, 4) is 0 Å². The number of aliphatic imine (C=N–C) groups is 1. The third-order valence-corrected chi connectivity index (χ3v) is 4.53. The second-order valence-corrected chi connectivity index (χ2v) is 8.20. The average molecular weight is 326 g/mol. The number of hydrogen-bond donors (Lipinski definition) is 1. The van der Waals surface area contributed by atoms with Crippen molar-refractivity contribution in [2.75, 3.05) is 39.9 Å². The fraction of sp³-hybridized carbons (Fsp3) is 0.947. The Labute approximate surface area is 144 Å². The van der Waals surface area contributed by atoms with Crippen LogP contribution in [0.5, 0.6) is 0 Å². The summed E-state index contributed by atoms with van der Waals surface area (Å²) in [4.78, 5) is 7.20. The predicted molar refractivity (Wildman–Crippen MR) is 100 cm³/mol. The fourth-order valence-electron chi connectivity index (χ4n) is 3.45. The van der Waals surface area contributed by atoms with Gasteiger partial charge in [0.1, 0.15) is 0 Å². The Morgan fingerprint density at radius 3 is 2.52 bits per heavy atom. The number of ether oxygens (including phenoxy) is 1. The zero-order valence-corrected chi connectivity index (χ0v) is 16.3. The lowest BCUT2D eigenvalue weighted by Crippen LogP contribution is -2.40. The predicted octanol–water partition coefficient (Wildman–Crippen LogP) is 3.77. The summed E-state index contributed by atoms with van der Waals surface area (Å²) >= 11 is 0. The molecular formula is C19H39N3O. The summed E-state index contributed by atoms with van der Waals surface area (Å²) in [5, 5.41) is 3.45. The van der Waals surface area contributed by atoms with Gasteiger partial charge in [0, 0.05) is 39.9 Å². The zero-order chi connectivity index (χ0) is 17.3. The van der Waals surface area contributed by atoms with Crippen molar-refractivity contribution >= 4 is 5.96 Å². The molecule has 0 amide bonds. The molecule has 1 aliphatic heterocycles. The molecule has 1 fully saturated rings. The van der Waals surface area contributed by atoms with Crippen LogP contribution in [0.3, 0.4) is 0 Å². The van der Waals surface area contributed by atoms with Crippen LogP contribution in [0.2, 0.25) is 0 Å². The van der Waals surface area contributed by atoms with Gasteiger partial charge in [0.2, 0.25) is 0 Å². The van der Waals surface area contributed by atoms with Gasteiger partial charge >= 0.3 is 0 Å². The lowest BCUT2D eigenvalue weighted by Gasteiger charge is -2.29. The van der Waals surface area contributed by atoms with Crippen molar-refractivity contribution in [2.24, 2.45) is 22.2 Å². The second-order valence-electron chi connectivity index (χ2n) is 8.20. The van der Waals surface area contributed by atoms with E-state index in [2.05, 4.69) is 51.9 Å². The van der Waals surface area contributed by atoms with Crippen LogP contribution < -0.4 is 5.32 Å². The Kier molecular flexibility index (Phi) is 8.96. The highest BCUT2D eigenvalue weighted by Crippen LogP contribution is 2.25. The molecule has 0 atom stereocenters. The van der Waals surface area contributed by atoms with Crippen LogP contribution in [0.25, 0.3) is 0 Å². The van der Waals surface area contributed by atoms with E-state index in [0.717, 1.165) is 44.7 Å². The maximum Gasteiger partial charge on any atom is 0.193 e. The Balaban J connectivity index is 2.51. The van der Waals surface area contributed by atoms with Gasteiger partial charge in [-0.1, -0.05) is 27.7 Å². The third-order valence-electron chi connectivity index (χ3n) is 4.53. The third kappa shape index (κ3) is 8.59. The number of nitrogens with zero attached hydrogens (tertiary/aromatic N) is 2. The van der Waals surface area contributed by atoms with Gasteiger partial charge < -0.3 is 15.0 Å². The normalized spacial score (nSPS) is 17.6. The minimum atomic E-state index is 0.260. The van der Waals surface area contributed by atoms with Crippen LogP contribution in [0.1, 0.15) is 60.3 Å². The van der Waals surface area contributed by atoms with E-state index in [1.165, 1.54) is 25.7 Å². The average Bonchev–Trinajstić information content (AvgIpc) is 2.49. The van der Waals surface area contributed by atoms with Crippen molar-refractivity contribution in [1.82, 2.24) is 10.2 Å². The van der Waals surface area contributed by atoms with Crippen molar-refractivity contribution in [3.63, 3.8) is 0 Å². The zero-order valence-electron chi connectivity index (χ0n) is 16.3. The van der Waals surface area contributed by atoms with E-state index in [4.69, 9.17) is 9.73 Å². The molecule has 0 aromatic carbocycles. The summed E-state index contributed by atoms with van der Waals surface area (Å²) in [6.07, 6.45) is 4.87. The SMILES string of the molecule is CCNC(=NCC(C)(C)CC(C)C)N(C)CCC1CCOCC1. The maximum atomic E-state index is 5.45. The van der Waals surface area contributed by atoms with Gasteiger partial charge in [-0.3, -0.25) is 4.99 Å². The van der Waals surface area contributed by atoms with Gasteiger partial charge in [-0.25, -0.2) is 0 Å². The van der Waals surface area contributed by atoms with Crippen LogP contribution in [0, 0.1) is 17.3 Å². The number of guanidine groups is 1. The van der Waals surface area contributed by atoms with Gasteiger partial charge in [0.05, 0.1) is 0 Å². The van der Waals surface area contributed by atoms with Gasteiger partial charge in [-0.15, -0.1) is 0 Å². The van der Waals surface area contributed by atoms with E-state index in [1.54, 1.807) is 0 Å². The highest BCUT2D eigenvalue weighted by atomic mass is 16.5. The summed E-state index contributed by atoms with van der Waals surface area (Å²) in [6, 6.07) is 0. The summed E-state index contributed by atoms with van der Waals surface area (Å²) in [5.74, 6) is 2.58.